The Balaban J connectivity index is 2.29. The third kappa shape index (κ3) is 3.31. The Hall–Kier alpha value is -2.14. The molecule has 21 heavy (non-hydrogen) atoms. The largest absolute Gasteiger partial charge is 0.358 e. The van der Waals surface area contributed by atoms with E-state index in [1.54, 1.807) is 13.1 Å². The molecular weight excluding hydrogens is 266 g/mol. The Kier molecular flexibility index (Phi) is 4.43. The zero-order valence-corrected chi connectivity index (χ0v) is 12.9. The maximum Gasteiger partial charge on any atom is 0.236 e. The fourth-order valence-electron chi connectivity index (χ4n) is 2.32. The van der Waals surface area contributed by atoms with E-state index in [1.165, 1.54) is 0 Å². The van der Waals surface area contributed by atoms with Crippen molar-refractivity contribution in [3.8, 4) is 0 Å². The number of amides is 1. The third-order valence-electron chi connectivity index (χ3n) is 3.75. The highest BCUT2D eigenvalue weighted by Gasteiger charge is 2.17. The van der Waals surface area contributed by atoms with Gasteiger partial charge in [-0.05, 0) is 33.0 Å². The van der Waals surface area contributed by atoms with E-state index in [0.717, 1.165) is 16.8 Å². The van der Waals surface area contributed by atoms with Gasteiger partial charge in [-0.25, -0.2) is 0 Å². The fraction of sp³-hybridized carbons (Fsp3) is 0.375. The van der Waals surface area contributed by atoms with Crippen LogP contribution in [0.3, 0.4) is 0 Å². The average Bonchev–Trinajstić information content (AvgIpc) is 2.46. The Bertz CT molecular complexity index is 721. The number of carbonyl (C=O) groups is 1. The number of nitrogens with one attached hydrogen (secondary N) is 2. The zero-order valence-electron chi connectivity index (χ0n) is 12.9. The van der Waals surface area contributed by atoms with Crippen molar-refractivity contribution in [3.05, 3.63) is 45.7 Å². The molecule has 1 heterocycles. The summed E-state index contributed by atoms with van der Waals surface area (Å²) in [4.78, 5) is 29.0. The van der Waals surface area contributed by atoms with E-state index in [0.29, 0.717) is 11.9 Å². The van der Waals surface area contributed by atoms with E-state index >= 15 is 0 Å². The third-order valence-corrected chi connectivity index (χ3v) is 3.75. The van der Waals surface area contributed by atoms with Crippen LogP contribution in [0, 0.1) is 6.92 Å². The predicted molar refractivity (Wildman–Crippen MR) is 84.3 cm³/mol. The highest BCUT2D eigenvalue weighted by Crippen LogP contribution is 2.12. The Labute approximate surface area is 124 Å². The standard InChI is InChI=1S/C16H21N3O2/c1-10-5-6-14-13(7-10)15(20)8-12(18-14)9-19(4)11(2)16(21)17-3/h5-8,11H,9H2,1-4H3,(H,17,21)(H,18,20). The van der Waals surface area contributed by atoms with E-state index in [9.17, 15) is 9.59 Å². The van der Waals surface area contributed by atoms with Gasteiger partial charge in [0.25, 0.3) is 0 Å². The molecule has 0 spiro atoms. The molecule has 1 aromatic carbocycles. The molecule has 0 saturated carbocycles. The zero-order chi connectivity index (χ0) is 15.6. The summed E-state index contributed by atoms with van der Waals surface area (Å²) in [6, 6.07) is 7.12. The Morgan fingerprint density at radius 3 is 2.76 bits per heavy atom. The van der Waals surface area contributed by atoms with Gasteiger partial charge < -0.3 is 10.3 Å². The van der Waals surface area contributed by atoms with Crippen molar-refractivity contribution in [1.82, 2.24) is 15.2 Å². The number of hydrogen-bond donors (Lipinski definition) is 2. The summed E-state index contributed by atoms with van der Waals surface area (Å²) in [7, 11) is 3.48. The van der Waals surface area contributed by atoms with E-state index < -0.39 is 0 Å². The van der Waals surface area contributed by atoms with Crippen LogP contribution in [0.2, 0.25) is 0 Å². The number of nitrogens with zero attached hydrogens (tertiary/aromatic N) is 1. The molecule has 2 N–H and O–H groups in total. The van der Waals surface area contributed by atoms with Crippen molar-refractivity contribution in [2.75, 3.05) is 14.1 Å². The second-order valence-electron chi connectivity index (χ2n) is 5.41. The number of hydrogen-bond acceptors (Lipinski definition) is 3. The van der Waals surface area contributed by atoms with E-state index in [1.807, 2.05) is 44.0 Å². The van der Waals surface area contributed by atoms with Gasteiger partial charge in [-0.2, -0.15) is 0 Å². The number of fused-ring (bicyclic) bond motifs is 1. The first-order chi connectivity index (χ1) is 9.92. The average molecular weight is 287 g/mol. The quantitative estimate of drug-likeness (QED) is 0.893. The lowest BCUT2D eigenvalue weighted by molar-refractivity contribution is -0.125. The van der Waals surface area contributed by atoms with Gasteiger partial charge in [-0.15, -0.1) is 0 Å². The van der Waals surface area contributed by atoms with Gasteiger partial charge >= 0.3 is 0 Å². The summed E-state index contributed by atoms with van der Waals surface area (Å²) in [5, 5.41) is 3.32. The minimum Gasteiger partial charge on any atom is -0.358 e. The molecule has 0 fully saturated rings. The summed E-state index contributed by atoms with van der Waals surface area (Å²) in [6.07, 6.45) is 0. The number of aromatic amines is 1. The predicted octanol–water partition coefficient (Wildman–Crippen LogP) is 1.40. The van der Waals surface area contributed by atoms with Gasteiger partial charge in [0.15, 0.2) is 5.43 Å². The molecule has 112 valence electrons. The molecule has 1 atom stereocenters. The molecule has 0 aliphatic heterocycles. The van der Waals surface area contributed by atoms with Gasteiger partial charge in [0.05, 0.1) is 6.04 Å². The Morgan fingerprint density at radius 2 is 2.10 bits per heavy atom. The molecule has 2 aromatic rings. The van der Waals surface area contributed by atoms with Crippen LogP contribution in [0.25, 0.3) is 10.9 Å². The van der Waals surface area contributed by atoms with Crippen LogP contribution in [0.5, 0.6) is 0 Å². The molecule has 1 amide bonds. The van der Waals surface area contributed by atoms with Crippen LogP contribution in [-0.4, -0.2) is 35.9 Å². The first-order valence-electron chi connectivity index (χ1n) is 6.96. The summed E-state index contributed by atoms with van der Waals surface area (Å²) in [5.41, 5.74) is 2.69. The highest BCUT2D eigenvalue weighted by molar-refractivity contribution is 5.81. The van der Waals surface area contributed by atoms with Crippen molar-refractivity contribution in [2.24, 2.45) is 0 Å². The molecule has 0 bridgehead atoms. The second kappa shape index (κ2) is 6.10. The minimum atomic E-state index is -0.257. The monoisotopic (exact) mass is 287 g/mol. The number of H-pyrrole nitrogens is 1. The summed E-state index contributed by atoms with van der Waals surface area (Å²) < 4.78 is 0. The molecule has 1 unspecified atom stereocenters. The van der Waals surface area contributed by atoms with Crippen LogP contribution < -0.4 is 10.7 Å². The van der Waals surface area contributed by atoms with E-state index in [4.69, 9.17) is 0 Å². The van der Waals surface area contributed by atoms with Crippen LogP contribution >= 0.6 is 0 Å². The number of carbonyl (C=O) groups excluding carboxylic acids is 1. The summed E-state index contributed by atoms with van der Waals surface area (Å²) >= 11 is 0. The van der Waals surface area contributed by atoms with E-state index in [-0.39, 0.29) is 17.4 Å². The van der Waals surface area contributed by atoms with Crippen molar-refractivity contribution >= 4 is 16.8 Å². The van der Waals surface area contributed by atoms with Crippen molar-refractivity contribution < 1.29 is 4.79 Å². The van der Waals surface area contributed by atoms with Crippen molar-refractivity contribution in [2.45, 2.75) is 26.4 Å². The van der Waals surface area contributed by atoms with Gasteiger partial charge in [0.2, 0.25) is 5.91 Å². The maximum atomic E-state index is 12.2. The minimum absolute atomic E-state index is 0.00319. The van der Waals surface area contributed by atoms with Gasteiger partial charge in [0.1, 0.15) is 0 Å². The van der Waals surface area contributed by atoms with Crippen LogP contribution in [-0.2, 0) is 11.3 Å². The maximum absolute atomic E-state index is 12.2. The lowest BCUT2D eigenvalue weighted by atomic mass is 10.1. The number of benzene rings is 1. The topological polar surface area (TPSA) is 65.2 Å². The van der Waals surface area contributed by atoms with Crippen LogP contribution in [0.4, 0.5) is 0 Å². The molecule has 2 rings (SSSR count). The smallest absolute Gasteiger partial charge is 0.236 e. The van der Waals surface area contributed by atoms with Crippen LogP contribution in [0.1, 0.15) is 18.2 Å². The summed E-state index contributed by atoms with van der Waals surface area (Å²) in [5.74, 6) is -0.0451. The lowest BCUT2D eigenvalue weighted by Gasteiger charge is -2.23. The van der Waals surface area contributed by atoms with Gasteiger partial charge in [-0.1, -0.05) is 11.6 Å². The van der Waals surface area contributed by atoms with Crippen LogP contribution in [0.15, 0.2) is 29.1 Å². The second-order valence-corrected chi connectivity index (χ2v) is 5.41. The molecule has 0 aliphatic rings. The first-order valence-corrected chi connectivity index (χ1v) is 6.96. The van der Waals surface area contributed by atoms with Crippen molar-refractivity contribution in [3.63, 3.8) is 0 Å². The molecule has 1 aromatic heterocycles. The molecule has 0 aliphatic carbocycles. The SMILES string of the molecule is CNC(=O)C(C)N(C)Cc1cc(=O)c2cc(C)ccc2[nH]1. The molecule has 5 nitrogen and oxygen atoms in total. The van der Waals surface area contributed by atoms with Crippen molar-refractivity contribution in [1.29, 1.82) is 0 Å². The Morgan fingerprint density at radius 1 is 1.38 bits per heavy atom. The van der Waals surface area contributed by atoms with Gasteiger partial charge in [-0.3, -0.25) is 14.5 Å². The highest BCUT2D eigenvalue weighted by atomic mass is 16.2. The van der Waals surface area contributed by atoms with E-state index in [2.05, 4.69) is 10.3 Å². The molecule has 0 radical (unpaired) electrons. The fourth-order valence-corrected chi connectivity index (χ4v) is 2.32. The van der Waals surface area contributed by atoms with Gasteiger partial charge in [0, 0.05) is 36.3 Å². The molecule has 0 saturated heterocycles. The number of rotatable bonds is 4. The number of aromatic nitrogens is 1. The normalized spacial score (nSPS) is 12.6. The molecule has 5 heteroatoms. The lowest BCUT2D eigenvalue weighted by Crippen LogP contribution is -2.41. The first kappa shape index (κ1) is 15.3. The number of pyridine rings is 1. The summed E-state index contributed by atoms with van der Waals surface area (Å²) in [6.45, 7) is 4.31. The number of aryl methyl sites for hydroxylation is 1. The molecular formula is C16H21N3O2. The number of likely N-dealkylation sites (N-methyl/N-ethyl adjacent to an activating group) is 2.